The van der Waals surface area contributed by atoms with E-state index in [1.54, 1.807) is 24.4 Å². The molecule has 1 unspecified atom stereocenters. The van der Waals surface area contributed by atoms with Gasteiger partial charge in [-0.25, -0.2) is 4.39 Å². The van der Waals surface area contributed by atoms with Crippen molar-refractivity contribution in [1.82, 2.24) is 4.98 Å². The highest BCUT2D eigenvalue weighted by atomic mass is 35.5. The van der Waals surface area contributed by atoms with Gasteiger partial charge in [-0.15, -0.1) is 0 Å². The van der Waals surface area contributed by atoms with Crippen molar-refractivity contribution in [3.05, 3.63) is 58.6 Å². The van der Waals surface area contributed by atoms with Crippen LogP contribution < -0.4 is 5.32 Å². The van der Waals surface area contributed by atoms with E-state index in [2.05, 4.69) is 16.4 Å². The van der Waals surface area contributed by atoms with Crippen molar-refractivity contribution in [2.45, 2.75) is 18.9 Å². The molecule has 1 aliphatic rings. The van der Waals surface area contributed by atoms with Crippen molar-refractivity contribution in [3.8, 4) is 0 Å². The highest BCUT2D eigenvalue weighted by Gasteiger charge is 2.24. The Bertz CT molecular complexity index is 586. The van der Waals surface area contributed by atoms with E-state index in [1.165, 1.54) is 5.56 Å². The molecule has 1 N–H and O–H groups in total. The summed E-state index contributed by atoms with van der Waals surface area (Å²) >= 11 is 5.77. The molecule has 4 heteroatoms. The summed E-state index contributed by atoms with van der Waals surface area (Å²) in [4.78, 5) is 4.37. The van der Waals surface area contributed by atoms with Gasteiger partial charge in [-0.05, 0) is 36.6 Å². The van der Waals surface area contributed by atoms with E-state index >= 15 is 0 Å². The van der Waals surface area contributed by atoms with Gasteiger partial charge < -0.3 is 5.32 Å². The van der Waals surface area contributed by atoms with Crippen molar-refractivity contribution >= 4 is 17.3 Å². The van der Waals surface area contributed by atoms with Gasteiger partial charge in [0.2, 0.25) is 0 Å². The van der Waals surface area contributed by atoms with Crippen LogP contribution in [0.4, 0.5) is 10.1 Å². The van der Waals surface area contributed by atoms with Crippen LogP contribution in [0.5, 0.6) is 0 Å². The van der Waals surface area contributed by atoms with E-state index in [1.807, 2.05) is 6.07 Å². The van der Waals surface area contributed by atoms with Crippen molar-refractivity contribution < 1.29 is 4.39 Å². The number of nitrogens with zero attached hydrogens (tertiary/aromatic N) is 1. The molecule has 0 bridgehead atoms. The van der Waals surface area contributed by atoms with Gasteiger partial charge in [0.15, 0.2) is 5.82 Å². The lowest BCUT2D eigenvalue weighted by atomic mass is 10.2. The molecule has 0 aliphatic heterocycles. The minimum Gasteiger partial charge on any atom is -0.374 e. The average molecular weight is 263 g/mol. The number of benzene rings is 1. The highest BCUT2D eigenvalue weighted by molar-refractivity contribution is 6.31. The molecule has 0 fully saturated rings. The van der Waals surface area contributed by atoms with E-state index in [4.69, 9.17) is 11.6 Å². The summed E-state index contributed by atoms with van der Waals surface area (Å²) in [5.74, 6) is -0.399. The molecule has 1 aromatic heterocycles. The molecule has 1 aliphatic carbocycles. The van der Waals surface area contributed by atoms with Crippen molar-refractivity contribution in [2.75, 3.05) is 5.32 Å². The summed E-state index contributed by atoms with van der Waals surface area (Å²) in [7, 11) is 0. The van der Waals surface area contributed by atoms with Gasteiger partial charge in [0.1, 0.15) is 0 Å². The van der Waals surface area contributed by atoms with Crippen molar-refractivity contribution in [1.29, 1.82) is 0 Å². The van der Waals surface area contributed by atoms with Crippen LogP contribution in [0.3, 0.4) is 0 Å². The smallest absolute Gasteiger partial charge is 0.164 e. The topological polar surface area (TPSA) is 24.9 Å². The maximum Gasteiger partial charge on any atom is 0.164 e. The third kappa shape index (κ3) is 1.95. The first kappa shape index (κ1) is 11.5. The molecule has 2 aromatic rings. The maximum atomic E-state index is 13.8. The Morgan fingerprint density at radius 3 is 3.06 bits per heavy atom. The monoisotopic (exact) mass is 262 g/mol. The predicted molar refractivity (Wildman–Crippen MR) is 70.3 cm³/mol. The molecule has 1 heterocycles. The Hall–Kier alpha value is -1.61. The van der Waals surface area contributed by atoms with Crippen LogP contribution in [-0.4, -0.2) is 4.98 Å². The zero-order chi connectivity index (χ0) is 12.5. The Morgan fingerprint density at radius 1 is 1.28 bits per heavy atom. The number of anilines is 1. The fraction of sp³-hybridized carbons (Fsp3) is 0.214. The van der Waals surface area contributed by atoms with Gasteiger partial charge in [0.25, 0.3) is 0 Å². The number of fused-ring (bicyclic) bond motifs is 1. The molecule has 3 rings (SSSR count). The molecule has 0 radical (unpaired) electrons. The van der Waals surface area contributed by atoms with Crippen LogP contribution >= 0.6 is 11.6 Å². The SMILES string of the molecule is Fc1c(Cl)cccc1NC1CCc2cccnc21. The first-order chi connectivity index (χ1) is 8.75. The third-order valence-electron chi connectivity index (χ3n) is 3.24. The van der Waals surface area contributed by atoms with E-state index in [-0.39, 0.29) is 11.1 Å². The van der Waals surface area contributed by atoms with Gasteiger partial charge in [0.05, 0.1) is 22.4 Å². The Balaban J connectivity index is 1.89. The van der Waals surface area contributed by atoms with Crippen molar-refractivity contribution in [2.24, 2.45) is 0 Å². The Labute approximate surface area is 110 Å². The fourth-order valence-corrected chi connectivity index (χ4v) is 2.53. The summed E-state index contributed by atoms with van der Waals surface area (Å²) in [6.07, 6.45) is 3.68. The molecule has 1 atom stereocenters. The van der Waals surface area contributed by atoms with Gasteiger partial charge >= 0.3 is 0 Å². The summed E-state index contributed by atoms with van der Waals surface area (Å²) in [6.45, 7) is 0. The summed E-state index contributed by atoms with van der Waals surface area (Å²) < 4.78 is 13.8. The average Bonchev–Trinajstić information content (AvgIpc) is 2.79. The summed E-state index contributed by atoms with van der Waals surface area (Å²) in [5.41, 5.74) is 2.68. The Kier molecular flexibility index (Phi) is 2.92. The number of pyridine rings is 1. The van der Waals surface area contributed by atoms with Gasteiger partial charge in [-0.3, -0.25) is 4.98 Å². The molecule has 2 nitrogen and oxygen atoms in total. The second-order valence-corrected chi connectivity index (χ2v) is 4.79. The normalized spacial score (nSPS) is 17.6. The number of aryl methyl sites for hydroxylation is 1. The largest absolute Gasteiger partial charge is 0.374 e. The molecule has 0 spiro atoms. The second-order valence-electron chi connectivity index (χ2n) is 4.38. The lowest BCUT2D eigenvalue weighted by molar-refractivity contribution is 0.624. The molecule has 0 saturated carbocycles. The Morgan fingerprint density at radius 2 is 2.17 bits per heavy atom. The molecular weight excluding hydrogens is 251 g/mol. The maximum absolute atomic E-state index is 13.8. The quantitative estimate of drug-likeness (QED) is 0.886. The first-order valence-electron chi connectivity index (χ1n) is 5.90. The molecule has 18 heavy (non-hydrogen) atoms. The van der Waals surface area contributed by atoms with Crippen LogP contribution in [0.25, 0.3) is 0 Å². The van der Waals surface area contributed by atoms with E-state index in [0.29, 0.717) is 5.69 Å². The lowest BCUT2D eigenvalue weighted by Gasteiger charge is -2.15. The molecule has 1 aromatic carbocycles. The van der Waals surface area contributed by atoms with Crippen LogP contribution in [-0.2, 0) is 6.42 Å². The van der Waals surface area contributed by atoms with Gasteiger partial charge in [-0.2, -0.15) is 0 Å². The van der Waals surface area contributed by atoms with E-state index < -0.39 is 5.82 Å². The number of aromatic nitrogens is 1. The molecule has 0 amide bonds. The zero-order valence-electron chi connectivity index (χ0n) is 9.66. The van der Waals surface area contributed by atoms with Crippen molar-refractivity contribution in [3.63, 3.8) is 0 Å². The van der Waals surface area contributed by atoms with Gasteiger partial charge in [-0.1, -0.05) is 23.7 Å². The summed E-state index contributed by atoms with van der Waals surface area (Å²) in [6, 6.07) is 9.04. The van der Waals surface area contributed by atoms with E-state index in [0.717, 1.165) is 18.5 Å². The zero-order valence-corrected chi connectivity index (χ0v) is 10.4. The highest BCUT2D eigenvalue weighted by Crippen LogP contribution is 2.33. The molecule has 0 saturated heterocycles. The first-order valence-corrected chi connectivity index (χ1v) is 6.28. The van der Waals surface area contributed by atoms with Crippen LogP contribution in [0.15, 0.2) is 36.5 Å². The standard InChI is InChI=1S/C14H12ClFN2/c15-10-4-1-5-11(13(10)16)18-12-7-6-9-3-2-8-17-14(9)12/h1-5,8,12,18H,6-7H2. The third-order valence-corrected chi connectivity index (χ3v) is 3.53. The minimum absolute atomic E-state index is 0.0640. The van der Waals surface area contributed by atoms with Crippen LogP contribution in [0.2, 0.25) is 5.02 Å². The predicted octanol–water partition coefficient (Wildman–Crippen LogP) is 3.97. The lowest BCUT2D eigenvalue weighted by Crippen LogP contribution is -2.09. The fourth-order valence-electron chi connectivity index (χ4n) is 2.36. The van der Waals surface area contributed by atoms with Crippen LogP contribution in [0, 0.1) is 5.82 Å². The second kappa shape index (κ2) is 4.58. The van der Waals surface area contributed by atoms with Crippen LogP contribution in [0.1, 0.15) is 23.7 Å². The number of nitrogens with one attached hydrogen (secondary N) is 1. The van der Waals surface area contributed by atoms with Gasteiger partial charge in [0, 0.05) is 6.20 Å². The number of halogens is 2. The minimum atomic E-state index is -0.399. The van der Waals surface area contributed by atoms with E-state index in [9.17, 15) is 4.39 Å². The molecule has 92 valence electrons. The number of hydrogen-bond donors (Lipinski definition) is 1. The number of hydrogen-bond acceptors (Lipinski definition) is 2. The summed E-state index contributed by atoms with van der Waals surface area (Å²) in [5, 5.41) is 3.32. The molecular formula is C14H12ClFN2. The number of rotatable bonds is 2.